The summed E-state index contributed by atoms with van der Waals surface area (Å²) in [5, 5.41) is 0. The molecule has 0 N–H and O–H groups in total. The van der Waals surface area contributed by atoms with Crippen LogP contribution in [0.5, 0.6) is 0 Å². The van der Waals surface area contributed by atoms with E-state index in [1.54, 1.807) is 0 Å². The van der Waals surface area contributed by atoms with Crippen LogP contribution in [-0.2, 0) is 9.53 Å². The summed E-state index contributed by atoms with van der Waals surface area (Å²) in [4.78, 5) is 16.8. The minimum absolute atomic E-state index is 0.0907. The van der Waals surface area contributed by atoms with Crippen molar-refractivity contribution in [3.63, 3.8) is 0 Å². The number of nitrogens with zero attached hydrogens (tertiary/aromatic N) is 2. The minimum atomic E-state index is 0.0907. The molecule has 3 aliphatic rings. The van der Waals surface area contributed by atoms with E-state index in [1.807, 2.05) is 35.2 Å². The number of fused-ring (bicyclic) bond motifs is 1. The van der Waals surface area contributed by atoms with Gasteiger partial charge in [0.05, 0.1) is 12.1 Å². The minimum Gasteiger partial charge on any atom is -0.365 e. The van der Waals surface area contributed by atoms with Gasteiger partial charge in [0.25, 0.3) is 5.91 Å². The van der Waals surface area contributed by atoms with Gasteiger partial charge in [0.1, 0.15) is 6.61 Å². The van der Waals surface area contributed by atoms with Gasteiger partial charge in [-0.25, -0.2) is 0 Å². The Labute approximate surface area is 119 Å². The Morgan fingerprint density at radius 3 is 2.60 bits per heavy atom. The van der Waals surface area contributed by atoms with E-state index in [2.05, 4.69) is 4.90 Å². The molecule has 106 valence electrons. The average molecular weight is 272 g/mol. The molecule has 1 saturated carbocycles. The molecular formula is C16H20N2O2. The van der Waals surface area contributed by atoms with Gasteiger partial charge >= 0.3 is 0 Å². The van der Waals surface area contributed by atoms with Crippen LogP contribution < -0.4 is 4.90 Å². The van der Waals surface area contributed by atoms with Gasteiger partial charge in [-0.05, 0) is 25.0 Å². The third kappa shape index (κ3) is 1.95. The summed E-state index contributed by atoms with van der Waals surface area (Å²) in [6, 6.07) is 10.9. The number of morpholine rings is 1. The fourth-order valence-corrected chi connectivity index (χ4v) is 3.60. The molecule has 2 aliphatic heterocycles. The summed E-state index contributed by atoms with van der Waals surface area (Å²) in [6.45, 7) is 2.15. The Morgan fingerprint density at radius 1 is 1.10 bits per heavy atom. The van der Waals surface area contributed by atoms with E-state index in [0.717, 1.165) is 24.8 Å². The smallest absolute Gasteiger partial charge is 0.253 e. The van der Waals surface area contributed by atoms with Crippen molar-refractivity contribution in [1.82, 2.24) is 4.90 Å². The molecule has 1 aliphatic carbocycles. The molecule has 1 aromatic rings. The molecule has 2 heterocycles. The topological polar surface area (TPSA) is 32.8 Å². The van der Waals surface area contributed by atoms with Crippen molar-refractivity contribution in [2.75, 3.05) is 24.6 Å². The third-order valence-electron chi connectivity index (χ3n) is 4.91. The Hall–Kier alpha value is -1.39. The highest BCUT2D eigenvalue weighted by molar-refractivity contribution is 5.95. The lowest BCUT2D eigenvalue weighted by atomic mass is 9.92. The number of anilines is 1. The normalized spacial score (nSPS) is 31.2. The van der Waals surface area contributed by atoms with E-state index in [9.17, 15) is 4.79 Å². The second-order valence-electron chi connectivity index (χ2n) is 6.05. The molecule has 1 aromatic carbocycles. The van der Waals surface area contributed by atoms with Gasteiger partial charge in [-0.15, -0.1) is 0 Å². The van der Waals surface area contributed by atoms with Crippen molar-refractivity contribution >= 4 is 11.6 Å². The largest absolute Gasteiger partial charge is 0.365 e. The summed E-state index contributed by atoms with van der Waals surface area (Å²) >= 11 is 0. The van der Waals surface area contributed by atoms with Crippen LogP contribution in [0, 0.1) is 0 Å². The lowest BCUT2D eigenvalue weighted by Gasteiger charge is -2.37. The second-order valence-corrected chi connectivity index (χ2v) is 6.05. The van der Waals surface area contributed by atoms with Gasteiger partial charge in [0.15, 0.2) is 0 Å². The zero-order valence-electron chi connectivity index (χ0n) is 11.6. The van der Waals surface area contributed by atoms with Gasteiger partial charge in [-0.3, -0.25) is 9.69 Å². The number of para-hydroxylation sites is 1. The number of carbonyl (C=O) groups excluding carboxylic acids is 1. The number of ether oxygens (including phenoxy) is 1. The van der Waals surface area contributed by atoms with Crippen LogP contribution in [0.4, 0.5) is 5.69 Å². The summed E-state index contributed by atoms with van der Waals surface area (Å²) in [7, 11) is 0. The molecule has 0 spiro atoms. The van der Waals surface area contributed by atoms with Gasteiger partial charge in [0, 0.05) is 24.8 Å². The average Bonchev–Trinajstić information content (AvgIpc) is 2.80. The van der Waals surface area contributed by atoms with E-state index in [1.165, 1.54) is 19.3 Å². The first kappa shape index (κ1) is 12.4. The summed E-state index contributed by atoms with van der Waals surface area (Å²) in [5.74, 6) is 0.0907. The highest BCUT2D eigenvalue weighted by atomic mass is 16.5. The van der Waals surface area contributed by atoms with Crippen LogP contribution in [0.1, 0.15) is 19.3 Å². The first-order chi connectivity index (χ1) is 9.83. The first-order valence-corrected chi connectivity index (χ1v) is 7.56. The number of hydrogen-bond donors (Lipinski definition) is 0. The van der Waals surface area contributed by atoms with Crippen molar-refractivity contribution in [3.8, 4) is 0 Å². The van der Waals surface area contributed by atoms with Gasteiger partial charge in [-0.2, -0.15) is 0 Å². The monoisotopic (exact) mass is 272 g/mol. The van der Waals surface area contributed by atoms with E-state index in [0.29, 0.717) is 0 Å². The fourth-order valence-electron chi connectivity index (χ4n) is 3.60. The molecule has 2 unspecified atom stereocenters. The highest BCUT2D eigenvalue weighted by Crippen LogP contribution is 2.33. The summed E-state index contributed by atoms with van der Waals surface area (Å²) in [5.41, 5.74) is 1.01. The molecular weight excluding hydrogens is 252 g/mol. The van der Waals surface area contributed by atoms with Crippen LogP contribution in [0.15, 0.2) is 30.3 Å². The zero-order valence-corrected chi connectivity index (χ0v) is 11.6. The van der Waals surface area contributed by atoms with Gasteiger partial charge < -0.3 is 9.64 Å². The predicted octanol–water partition coefficient (Wildman–Crippen LogP) is 1.66. The lowest BCUT2D eigenvalue weighted by molar-refractivity contribution is -0.130. The van der Waals surface area contributed by atoms with Gasteiger partial charge in [-0.1, -0.05) is 24.6 Å². The van der Waals surface area contributed by atoms with Crippen molar-refractivity contribution in [2.24, 2.45) is 0 Å². The molecule has 0 aromatic heterocycles. The molecule has 4 nitrogen and oxygen atoms in total. The number of hydrogen-bond acceptors (Lipinski definition) is 3. The van der Waals surface area contributed by atoms with Crippen LogP contribution in [0.3, 0.4) is 0 Å². The molecule has 0 bridgehead atoms. The lowest BCUT2D eigenvalue weighted by Crippen LogP contribution is -2.54. The molecule has 4 heteroatoms. The standard InChI is InChI=1S/C16H20N2O2/c19-16-11-20-15-10-17(12-7-4-8-12)9-14(15)18(16)13-5-2-1-3-6-13/h1-3,5-6,12,14-15H,4,7-11H2. The Bertz CT molecular complexity index is 500. The summed E-state index contributed by atoms with van der Waals surface area (Å²) in [6.07, 6.45) is 4.13. The quantitative estimate of drug-likeness (QED) is 0.821. The van der Waals surface area contributed by atoms with Crippen molar-refractivity contribution < 1.29 is 9.53 Å². The maximum Gasteiger partial charge on any atom is 0.253 e. The molecule has 0 radical (unpaired) electrons. The number of benzene rings is 1. The number of likely N-dealkylation sites (tertiary alicyclic amines) is 1. The highest BCUT2D eigenvalue weighted by Gasteiger charge is 2.46. The van der Waals surface area contributed by atoms with Crippen molar-refractivity contribution in [2.45, 2.75) is 37.5 Å². The van der Waals surface area contributed by atoms with Crippen LogP contribution in [-0.4, -0.2) is 48.7 Å². The van der Waals surface area contributed by atoms with Crippen LogP contribution in [0.2, 0.25) is 0 Å². The SMILES string of the molecule is O=C1COC2CN(C3CCC3)CC2N1c1ccccc1. The molecule has 2 saturated heterocycles. The number of carbonyl (C=O) groups is 1. The van der Waals surface area contributed by atoms with Crippen molar-refractivity contribution in [1.29, 1.82) is 0 Å². The van der Waals surface area contributed by atoms with Crippen LogP contribution >= 0.6 is 0 Å². The second kappa shape index (κ2) is 4.86. The third-order valence-corrected chi connectivity index (χ3v) is 4.91. The predicted molar refractivity (Wildman–Crippen MR) is 76.7 cm³/mol. The maximum absolute atomic E-state index is 12.3. The molecule has 3 fully saturated rings. The Balaban J connectivity index is 1.59. The van der Waals surface area contributed by atoms with E-state index < -0.39 is 0 Å². The Kier molecular flexibility index (Phi) is 3.00. The first-order valence-electron chi connectivity index (χ1n) is 7.56. The van der Waals surface area contributed by atoms with Crippen molar-refractivity contribution in [3.05, 3.63) is 30.3 Å². The summed E-state index contributed by atoms with van der Waals surface area (Å²) < 4.78 is 5.78. The number of rotatable bonds is 2. The number of amides is 1. The zero-order chi connectivity index (χ0) is 13.5. The molecule has 20 heavy (non-hydrogen) atoms. The molecule has 4 rings (SSSR count). The fraction of sp³-hybridized carbons (Fsp3) is 0.562. The molecule has 2 atom stereocenters. The van der Waals surface area contributed by atoms with Gasteiger partial charge in [0.2, 0.25) is 0 Å². The van der Waals surface area contributed by atoms with E-state index >= 15 is 0 Å². The van der Waals surface area contributed by atoms with E-state index in [-0.39, 0.29) is 24.7 Å². The van der Waals surface area contributed by atoms with E-state index in [4.69, 9.17) is 4.74 Å². The molecule has 1 amide bonds. The maximum atomic E-state index is 12.3. The Morgan fingerprint density at radius 2 is 1.90 bits per heavy atom. The van der Waals surface area contributed by atoms with Crippen LogP contribution in [0.25, 0.3) is 0 Å².